The Morgan fingerprint density at radius 2 is 1.81 bits per heavy atom. The van der Waals surface area contributed by atoms with Crippen LogP contribution in [0.25, 0.3) is 16.5 Å². The van der Waals surface area contributed by atoms with Gasteiger partial charge in [-0.3, -0.25) is 4.79 Å². The third-order valence-electron chi connectivity index (χ3n) is 15.4. The maximum absolute atomic E-state index is 13.4. The van der Waals surface area contributed by atoms with Gasteiger partial charge in [0.05, 0.1) is 29.5 Å². The lowest BCUT2D eigenvalue weighted by atomic mass is 9.40. The Kier molecular flexibility index (Phi) is 7.20. The number of carbonyl (C=O) groups is 1. The summed E-state index contributed by atoms with van der Waals surface area (Å²) in [7, 11) is 0. The molecule has 8 nitrogen and oxygen atoms in total. The van der Waals surface area contributed by atoms with E-state index >= 15 is 0 Å². The van der Waals surface area contributed by atoms with Crippen molar-refractivity contribution in [3.8, 4) is 0 Å². The summed E-state index contributed by atoms with van der Waals surface area (Å²) in [5.41, 5.74) is 4.93. The first-order valence-corrected chi connectivity index (χ1v) is 19.8. The van der Waals surface area contributed by atoms with Crippen molar-refractivity contribution in [1.29, 1.82) is 0 Å². The number of carbonyl (C=O) groups excluding carboxylic acids is 1. The number of ether oxygens (including phenoxy) is 5. The fourth-order valence-electron chi connectivity index (χ4n) is 12.8. The Morgan fingerprint density at radius 1 is 1.06 bits per heavy atom. The minimum absolute atomic E-state index is 0.240. The molecule has 2 saturated heterocycles. The van der Waals surface area contributed by atoms with Gasteiger partial charge in [0.15, 0.2) is 11.7 Å². The molecule has 10 atom stereocenters. The molecule has 9 rings (SSSR count). The normalized spacial score (nSPS) is 41.7. The van der Waals surface area contributed by atoms with E-state index in [2.05, 4.69) is 64.7 Å². The highest BCUT2D eigenvalue weighted by molar-refractivity contribution is 5.92. The third kappa shape index (κ3) is 4.36. The molecule has 7 aliphatic rings. The highest BCUT2D eigenvalue weighted by atomic mass is 16.7. The van der Waals surface area contributed by atoms with Crippen molar-refractivity contribution in [2.75, 3.05) is 6.61 Å². The molecule has 1 aromatic heterocycles. The quantitative estimate of drug-likeness (QED) is 0.186. The van der Waals surface area contributed by atoms with Crippen LogP contribution in [0.3, 0.4) is 0 Å². The lowest BCUT2D eigenvalue weighted by molar-refractivity contribution is -0.284. The Labute approximate surface area is 309 Å². The molecule has 4 heterocycles. The summed E-state index contributed by atoms with van der Waals surface area (Å²) in [5, 5.41) is 14.8. The lowest BCUT2D eigenvalue weighted by Gasteiger charge is -2.66. The Morgan fingerprint density at radius 3 is 2.52 bits per heavy atom. The third-order valence-corrected chi connectivity index (χ3v) is 15.4. The van der Waals surface area contributed by atoms with Crippen LogP contribution in [-0.4, -0.2) is 75.1 Å². The van der Waals surface area contributed by atoms with Crippen molar-refractivity contribution in [3.63, 3.8) is 0 Å². The molecule has 0 amide bonds. The van der Waals surface area contributed by atoms with E-state index in [-0.39, 0.29) is 28.7 Å². The first kappa shape index (κ1) is 35.2. The standard InChI is InChI=1S/C44H59NO7/c1-23(2)14-17-48-40(8,9)36-34(49-24(3)46)37-44(51-37)33(50-36)13-15-41(10)42(11)26(12-16-43(41,44)47)20-29-28-18-25-19-31-30(22-38(4,5)52-39(31,6)7)27(25)21-32(28)45-35(29)42/h14,18,21-22,26,31,33-34,36-37,45,47H,12-13,15-17,19-20H2,1-11H3/t26?,31?,33?,34-,36?,37+,41-,42-,43+,44?/m1/s1. The van der Waals surface area contributed by atoms with E-state index in [0.717, 1.165) is 32.1 Å². The largest absolute Gasteiger partial charge is 0.457 e. The molecule has 0 bridgehead atoms. The first-order valence-electron chi connectivity index (χ1n) is 19.8. The zero-order chi connectivity index (χ0) is 37.2. The van der Waals surface area contributed by atoms with Crippen LogP contribution in [0.15, 0.2) is 29.9 Å². The Hall–Kier alpha value is -2.49. The maximum atomic E-state index is 13.4. The molecular weight excluding hydrogens is 654 g/mol. The molecule has 282 valence electrons. The molecule has 4 aliphatic carbocycles. The summed E-state index contributed by atoms with van der Waals surface area (Å²) in [6, 6.07) is 4.87. The average Bonchev–Trinajstić information content (AvgIpc) is 3.43. The fraction of sp³-hybridized carbons (Fsp3) is 0.705. The van der Waals surface area contributed by atoms with Crippen LogP contribution >= 0.6 is 0 Å². The summed E-state index contributed by atoms with van der Waals surface area (Å²) >= 11 is 0. The molecule has 3 aliphatic heterocycles. The van der Waals surface area contributed by atoms with Crippen LogP contribution in [0.4, 0.5) is 0 Å². The number of benzene rings is 1. The van der Waals surface area contributed by atoms with E-state index in [1.54, 1.807) is 0 Å². The molecular formula is C44H59NO7. The van der Waals surface area contributed by atoms with Gasteiger partial charge in [-0.2, -0.15) is 0 Å². The van der Waals surface area contributed by atoms with Crippen molar-refractivity contribution in [3.05, 3.63) is 52.2 Å². The second-order valence-electron chi connectivity index (χ2n) is 19.7. The number of fused-ring (bicyclic) bond motifs is 10. The summed E-state index contributed by atoms with van der Waals surface area (Å²) < 4.78 is 32.8. The molecule has 2 saturated carbocycles. The molecule has 1 aromatic carbocycles. The summed E-state index contributed by atoms with van der Waals surface area (Å²) in [6.45, 7) is 23.5. The topological polar surface area (TPSA) is 103 Å². The Balaban J connectivity index is 1.09. The summed E-state index contributed by atoms with van der Waals surface area (Å²) in [4.78, 5) is 16.6. The molecule has 5 unspecified atom stereocenters. The number of nitrogens with one attached hydrogen (secondary N) is 1. The number of rotatable bonds is 5. The van der Waals surface area contributed by atoms with Crippen LogP contribution < -0.4 is 0 Å². The van der Waals surface area contributed by atoms with Crippen LogP contribution in [0.2, 0.25) is 0 Å². The van der Waals surface area contributed by atoms with Crippen molar-refractivity contribution in [2.24, 2.45) is 17.3 Å². The molecule has 0 radical (unpaired) electrons. The van der Waals surface area contributed by atoms with Gasteiger partial charge < -0.3 is 33.8 Å². The van der Waals surface area contributed by atoms with E-state index in [1.165, 1.54) is 51.4 Å². The van der Waals surface area contributed by atoms with Crippen LogP contribution in [0, 0.1) is 17.3 Å². The highest BCUT2D eigenvalue weighted by Gasteiger charge is 2.87. The van der Waals surface area contributed by atoms with Gasteiger partial charge in [0.2, 0.25) is 0 Å². The molecule has 4 fully saturated rings. The molecule has 8 heteroatoms. The van der Waals surface area contributed by atoms with Crippen LogP contribution in [0.1, 0.15) is 124 Å². The molecule has 2 N–H and O–H groups in total. The second kappa shape index (κ2) is 10.6. The monoisotopic (exact) mass is 713 g/mol. The van der Waals surface area contributed by atoms with Gasteiger partial charge in [0, 0.05) is 40.3 Å². The van der Waals surface area contributed by atoms with Crippen molar-refractivity contribution in [1.82, 2.24) is 4.98 Å². The number of esters is 1. The zero-order valence-electron chi connectivity index (χ0n) is 33.1. The molecule has 2 aromatic rings. The molecule has 52 heavy (non-hydrogen) atoms. The number of hydrogen-bond donors (Lipinski definition) is 2. The number of aromatic nitrogens is 1. The predicted octanol–water partition coefficient (Wildman–Crippen LogP) is 7.66. The number of aromatic amines is 1. The average molecular weight is 714 g/mol. The molecule has 1 spiro atoms. The van der Waals surface area contributed by atoms with Crippen molar-refractivity contribution < 1.29 is 33.6 Å². The smallest absolute Gasteiger partial charge is 0.303 e. The van der Waals surface area contributed by atoms with E-state index in [0.29, 0.717) is 24.9 Å². The fourth-order valence-corrected chi connectivity index (χ4v) is 12.8. The van der Waals surface area contributed by atoms with Crippen molar-refractivity contribution >= 4 is 22.4 Å². The van der Waals surface area contributed by atoms with Gasteiger partial charge in [0.1, 0.15) is 17.8 Å². The van der Waals surface area contributed by atoms with Gasteiger partial charge >= 0.3 is 5.97 Å². The second-order valence-corrected chi connectivity index (χ2v) is 19.7. The van der Waals surface area contributed by atoms with E-state index in [9.17, 15) is 9.90 Å². The Bertz CT molecular complexity index is 1950. The minimum atomic E-state index is -1.19. The maximum Gasteiger partial charge on any atom is 0.303 e. The number of hydrogen-bond acceptors (Lipinski definition) is 7. The first-order chi connectivity index (χ1) is 24.2. The SMILES string of the molecule is CC(=O)O[C@@H]1C(C(C)(C)OCC=C(C)C)OC2CC[C@]3(C)[C@@]4(C)c5[nH]c6cc7c(cc6c5CC4CC[C@@]3(O)C23O[C@@H]13)CC1C7=CC(C)(C)OC1(C)C. The minimum Gasteiger partial charge on any atom is -0.457 e. The zero-order valence-corrected chi connectivity index (χ0v) is 33.1. The van der Waals surface area contributed by atoms with E-state index in [1.807, 2.05) is 33.8 Å². The summed E-state index contributed by atoms with van der Waals surface area (Å²) in [6.07, 6.45) is 7.39. The van der Waals surface area contributed by atoms with Crippen LogP contribution in [0.5, 0.6) is 0 Å². The van der Waals surface area contributed by atoms with Gasteiger partial charge in [-0.25, -0.2) is 0 Å². The van der Waals surface area contributed by atoms with Crippen molar-refractivity contribution in [2.45, 2.75) is 173 Å². The number of aliphatic hydroxyl groups is 1. The van der Waals surface area contributed by atoms with Gasteiger partial charge in [-0.1, -0.05) is 25.5 Å². The highest BCUT2D eigenvalue weighted by Crippen LogP contribution is 2.75. The number of allylic oxidation sites excluding steroid dienone is 1. The van der Waals surface area contributed by atoms with Crippen LogP contribution in [-0.2, 0) is 46.7 Å². The van der Waals surface area contributed by atoms with Gasteiger partial charge in [-0.15, -0.1) is 0 Å². The van der Waals surface area contributed by atoms with Gasteiger partial charge in [0.25, 0.3) is 0 Å². The number of H-pyrrole nitrogens is 1. The number of epoxide rings is 1. The predicted molar refractivity (Wildman–Crippen MR) is 200 cm³/mol. The van der Waals surface area contributed by atoms with E-state index in [4.69, 9.17) is 23.7 Å². The lowest BCUT2D eigenvalue weighted by Crippen LogP contribution is -2.77. The van der Waals surface area contributed by atoms with E-state index < -0.39 is 40.5 Å². The van der Waals surface area contributed by atoms with Gasteiger partial charge in [-0.05, 0) is 140 Å². The summed E-state index contributed by atoms with van der Waals surface area (Å²) in [5.74, 6) is 0.348.